The number of hydrogen-bond donors (Lipinski definition) is 0. The van der Waals surface area contributed by atoms with Crippen molar-refractivity contribution in [3.63, 3.8) is 0 Å². The summed E-state index contributed by atoms with van der Waals surface area (Å²) in [4.78, 5) is 0. The molecule has 0 aromatic rings. The third kappa shape index (κ3) is 3.71. The highest BCUT2D eigenvalue weighted by molar-refractivity contribution is 7.17. The van der Waals surface area contributed by atoms with Crippen LogP contribution in [0.25, 0.3) is 0 Å². The zero-order valence-electron chi connectivity index (χ0n) is 14.6. The summed E-state index contributed by atoms with van der Waals surface area (Å²) in [7, 11) is 2.81. The molecule has 0 spiro atoms. The maximum absolute atomic E-state index is 14.8. The summed E-state index contributed by atoms with van der Waals surface area (Å²) in [6, 6.07) is 0. The molecule has 128 valence electrons. The third-order valence-corrected chi connectivity index (χ3v) is 8.56. The smallest absolute Gasteiger partial charge is 0.110 e. The molecule has 0 aromatic carbocycles. The molecule has 0 aliphatic heterocycles. The molecule has 5 unspecified atom stereocenters. The van der Waals surface area contributed by atoms with Crippen LogP contribution >= 0.6 is 9.24 Å². The Kier molecular flexibility index (Phi) is 5.86. The zero-order valence-corrected chi connectivity index (χ0v) is 15.8. The van der Waals surface area contributed by atoms with Crippen LogP contribution < -0.4 is 0 Å². The van der Waals surface area contributed by atoms with Gasteiger partial charge < -0.3 is 0 Å². The first-order valence-corrected chi connectivity index (χ1v) is 10.6. The predicted octanol–water partition coefficient (Wildman–Crippen LogP) is 6.25. The molecule has 3 fully saturated rings. The summed E-state index contributed by atoms with van der Waals surface area (Å²) in [5.74, 6) is 4.53. The highest BCUT2D eigenvalue weighted by Gasteiger charge is 2.41. The van der Waals surface area contributed by atoms with E-state index >= 15 is 0 Å². The molecule has 0 bridgehead atoms. The summed E-state index contributed by atoms with van der Waals surface area (Å²) in [5.41, 5.74) is 0.205. The second-order valence-corrected chi connectivity index (χ2v) is 9.70. The first kappa shape index (κ1) is 17.2. The Bertz CT molecular complexity index is 342. The van der Waals surface area contributed by atoms with Crippen LogP contribution in [-0.2, 0) is 0 Å². The maximum atomic E-state index is 14.8. The van der Waals surface area contributed by atoms with Crippen LogP contribution in [0.15, 0.2) is 0 Å². The van der Waals surface area contributed by atoms with Crippen LogP contribution in [0.4, 0.5) is 4.39 Å². The fourth-order valence-corrected chi connectivity index (χ4v) is 6.18. The van der Waals surface area contributed by atoms with Crippen molar-refractivity contribution >= 4 is 9.24 Å². The van der Waals surface area contributed by atoms with Gasteiger partial charge in [0.15, 0.2) is 0 Å². The van der Waals surface area contributed by atoms with Crippen LogP contribution in [0, 0.1) is 35.5 Å². The van der Waals surface area contributed by atoms with E-state index in [-0.39, 0.29) is 5.66 Å². The van der Waals surface area contributed by atoms with Crippen molar-refractivity contribution in [1.29, 1.82) is 0 Å². The van der Waals surface area contributed by atoms with Gasteiger partial charge in [-0.15, -0.1) is 9.24 Å². The molecule has 22 heavy (non-hydrogen) atoms. The van der Waals surface area contributed by atoms with Gasteiger partial charge in [-0.1, -0.05) is 26.7 Å². The maximum Gasteiger partial charge on any atom is 0.110 e. The highest BCUT2D eigenvalue weighted by Crippen LogP contribution is 2.47. The second-order valence-electron chi connectivity index (χ2n) is 8.94. The Balaban J connectivity index is 1.49. The van der Waals surface area contributed by atoms with E-state index in [0.29, 0.717) is 17.8 Å². The monoisotopic (exact) mass is 326 g/mol. The lowest BCUT2D eigenvalue weighted by molar-refractivity contribution is 0.0550. The molecule has 3 saturated carbocycles. The van der Waals surface area contributed by atoms with Crippen LogP contribution in [0.1, 0.15) is 78.1 Å². The standard InChI is InChI=1S/C20H36FP/c1-13-3-6-15(7-4-13)16-8-10-17(11-9-16)18-12-5-14(2)20(22)19(18)21/h13-20H,3-12,22H2,1-2H3. The molecule has 5 atom stereocenters. The molecule has 0 nitrogen and oxygen atoms in total. The van der Waals surface area contributed by atoms with E-state index < -0.39 is 6.17 Å². The molecule has 0 amide bonds. The average molecular weight is 326 g/mol. The van der Waals surface area contributed by atoms with E-state index in [4.69, 9.17) is 0 Å². The number of alkyl halides is 1. The molecular weight excluding hydrogens is 290 g/mol. The molecule has 0 radical (unpaired) electrons. The third-order valence-electron chi connectivity index (χ3n) is 7.54. The minimum Gasteiger partial charge on any atom is -0.246 e. The molecule has 0 saturated heterocycles. The van der Waals surface area contributed by atoms with Crippen LogP contribution in [0.3, 0.4) is 0 Å². The molecule has 0 heterocycles. The largest absolute Gasteiger partial charge is 0.246 e. The van der Waals surface area contributed by atoms with Crippen LogP contribution in [0.5, 0.6) is 0 Å². The average Bonchev–Trinajstić information content (AvgIpc) is 2.54. The van der Waals surface area contributed by atoms with Crippen LogP contribution in [-0.4, -0.2) is 11.8 Å². The molecule has 0 N–H and O–H groups in total. The van der Waals surface area contributed by atoms with Gasteiger partial charge in [0.05, 0.1) is 0 Å². The first-order chi connectivity index (χ1) is 10.6. The number of halogens is 1. The Morgan fingerprint density at radius 3 is 1.77 bits per heavy atom. The predicted molar refractivity (Wildman–Crippen MR) is 96.9 cm³/mol. The van der Waals surface area contributed by atoms with E-state index in [2.05, 4.69) is 23.1 Å². The number of rotatable bonds is 2. The van der Waals surface area contributed by atoms with E-state index in [1.165, 1.54) is 57.8 Å². The van der Waals surface area contributed by atoms with Gasteiger partial charge in [0.1, 0.15) is 6.17 Å². The SMILES string of the molecule is CC1CCC(C2CCC(C3CCC(C)C(P)C3F)CC2)CC1. The first-order valence-electron chi connectivity index (χ1n) is 9.96. The highest BCUT2D eigenvalue weighted by atomic mass is 31.0. The topological polar surface area (TPSA) is 0 Å². The molecule has 3 aliphatic rings. The lowest BCUT2D eigenvalue weighted by atomic mass is 9.64. The lowest BCUT2D eigenvalue weighted by Crippen LogP contribution is -2.40. The van der Waals surface area contributed by atoms with Gasteiger partial charge in [0.2, 0.25) is 0 Å². The van der Waals surface area contributed by atoms with E-state index in [0.717, 1.165) is 24.2 Å². The summed E-state index contributed by atoms with van der Waals surface area (Å²) in [6.07, 6.45) is 13.1. The summed E-state index contributed by atoms with van der Waals surface area (Å²) >= 11 is 0. The van der Waals surface area contributed by atoms with E-state index in [1.807, 2.05) is 0 Å². The van der Waals surface area contributed by atoms with Crippen molar-refractivity contribution in [3.05, 3.63) is 0 Å². The molecule has 3 rings (SSSR count). The molecule has 3 aliphatic carbocycles. The van der Waals surface area contributed by atoms with Crippen molar-refractivity contribution in [2.75, 3.05) is 0 Å². The van der Waals surface area contributed by atoms with Gasteiger partial charge in [-0.2, -0.15) is 0 Å². The van der Waals surface area contributed by atoms with Gasteiger partial charge >= 0.3 is 0 Å². The van der Waals surface area contributed by atoms with E-state index in [1.54, 1.807) is 0 Å². The Morgan fingerprint density at radius 1 is 0.682 bits per heavy atom. The molecule has 0 aromatic heterocycles. The van der Waals surface area contributed by atoms with Crippen molar-refractivity contribution in [2.24, 2.45) is 35.5 Å². The number of hydrogen-bond acceptors (Lipinski definition) is 0. The Morgan fingerprint density at radius 2 is 1.18 bits per heavy atom. The normalized spacial score (nSPS) is 50.7. The Hall–Kier alpha value is 0.360. The van der Waals surface area contributed by atoms with E-state index in [9.17, 15) is 4.39 Å². The van der Waals surface area contributed by atoms with Gasteiger partial charge in [-0.05, 0) is 86.9 Å². The minimum atomic E-state index is -0.564. The van der Waals surface area contributed by atoms with Crippen LogP contribution in [0.2, 0.25) is 0 Å². The molecular formula is C20H36FP. The summed E-state index contributed by atoms with van der Waals surface area (Å²) in [6.45, 7) is 4.64. The quantitative estimate of drug-likeness (QED) is 0.526. The van der Waals surface area contributed by atoms with Gasteiger partial charge in [-0.25, -0.2) is 4.39 Å². The minimum absolute atomic E-state index is 0.205. The van der Waals surface area contributed by atoms with Crippen molar-refractivity contribution in [3.8, 4) is 0 Å². The zero-order chi connectivity index (χ0) is 15.7. The van der Waals surface area contributed by atoms with Crippen molar-refractivity contribution < 1.29 is 4.39 Å². The van der Waals surface area contributed by atoms with Gasteiger partial charge in [-0.3, -0.25) is 0 Å². The lowest BCUT2D eigenvalue weighted by Gasteiger charge is -2.43. The van der Waals surface area contributed by atoms with Crippen molar-refractivity contribution in [2.45, 2.75) is 89.9 Å². The summed E-state index contributed by atoms with van der Waals surface area (Å²) in [5, 5.41) is 0. The molecule has 2 heteroatoms. The Labute approximate surface area is 139 Å². The fourth-order valence-electron chi connectivity index (χ4n) is 5.70. The van der Waals surface area contributed by atoms with Gasteiger partial charge in [0.25, 0.3) is 0 Å². The second kappa shape index (κ2) is 7.50. The fraction of sp³-hybridized carbons (Fsp3) is 1.00. The van der Waals surface area contributed by atoms with Gasteiger partial charge in [0, 0.05) is 5.66 Å². The summed E-state index contributed by atoms with van der Waals surface area (Å²) < 4.78 is 14.8. The van der Waals surface area contributed by atoms with Crippen molar-refractivity contribution in [1.82, 2.24) is 0 Å².